The molecular weight excluding hydrogens is 580 g/mol. The van der Waals surface area contributed by atoms with Crippen LogP contribution >= 0.6 is 0 Å². The van der Waals surface area contributed by atoms with Crippen molar-refractivity contribution < 1.29 is 28.5 Å². The molecule has 4 aromatic rings. The Kier molecular flexibility index (Phi) is 7.22. The first kappa shape index (κ1) is 29.2. The van der Waals surface area contributed by atoms with Crippen LogP contribution < -0.4 is 9.64 Å². The second-order valence-corrected chi connectivity index (χ2v) is 12.3. The van der Waals surface area contributed by atoms with E-state index in [4.69, 9.17) is 14.5 Å². The molecule has 2 aromatic heterocycles. The van der Waals surface area contributed by atoms with Gasteiger partial charge in [0.05, 0.1) is 23.7 Å². The number of aromatic hydroxyl groups is 1. The van der Waals surface area contributed by atoms with Crippen molar-refractivity contribution in [2.24, 2.45) is 0 Å². The Balaban J connectivity index is 1.46. The molecule has 232 valence electrons. The normalized spacial score (nSPS) is 21.0. The third kappa shape index (κ3) is 5.28. The Morgan fingerprint density at radius 3 is 2.67 bits per heavy atom. The molecule has 1 atom stereocenters. The van der Waals surface area contributed by atoms with Gasteiger partial charge >= 0.3 is 6.01 Å². The lowest BCUT2D eigenvalue weighted by Crippen LogP contribution is -2.43. The Labute approximate surface area is 259 Å². The number of phenolic OH excluding ortho intramolecular Hbond substituents is 1. The van der Waals surface area contributed by atoms with Crippen molar-refractivity contribution >= 4 is 27.5 Å². The van der Waals surface area contributed by atoms with Gasteiger partial charge in [0.25, 0.3) is 0 Å². The number of aromatic nitrogens is 3. The number of fused-ring (bicyclic) bond motifs is 3. The van der Waals surface area contributed by atoms with Gasteiger partial charge in [-0.15, -0.1) is 0 Å². The maximum absolute atomic E-state index is 16.9. The molecule has 0 saturated carbocycles. The summed E-state index contributed by atoms with van der Waals surface area (Å²) in [4.78, 5) is 18.1. The van der Waals surface area contributed by atoms with Gasteiger partial charge in [0.2, 0.25) is 0 Å². The van der Waals surface area contributed by atoms with E-state index in [0.717, 1.165) is 38.8 Å². The van der Waals surface area contributed by atoms with Crippen LogP contribution in [0, 0.1) is 23.5 Å². The minimum absolute atomic E-state index is 0.0258. The number of halogens is 2. The minimum Gasteiger partial charge on any atom is -0.508 e. The van der Waals surface area contributed by atoms with Gasteiger partial charge in [-0.25, -0.2) is 13.8 Å². The van der Waals surface area contributed by atoms with Crippen molar-refractivity contribution in [2.75, 3.05) is 37.7 Å². The number of aliphatic hydroxyl groups is 1. The molecule has 9 nitrogen and oxygen atoms in total. The number of rotatable bonds is 5. The van der Waals surface area contributed by atoms with Crippen LogP contribution in [0.5, 0.6) is 11.8 Å². The number of β-amino-alcohol motifs (C(OH)–C–C–N with tert-alkyl or cyclic N) is 1. The summed E-state index contributed by atoms with van der Waals surface area (Å²) in [5.74, 6) is 4.60. The van der Waals surface area contributed by atoms with Crippen LogP contribution in [0.2, 0.25) is 0 Å². The Bertz CT molecular complexity index is 1910. The van der Waals surface area contributed by atoms with Gasteiger partial charge in [0.1, 0.15) is 47.3 Å². The molecule has 0 amide bonds. The quantitative estimate of drug-likeness (QED) is 0.292. The second-order valence-electron chi connectivity index (χ2n) is 12.3. The van der Waals surface area contributed by atoms with Crippen molar-refractivity contribution in [3.8, 4) is 34.9 Å². The Hall–Kier alpha value is -4.53. The van der Waals surface area contributed by atoms with Gasteiger partial charge < -0.3 is 24.6 Å². The second kappa shape index (κ2) is 11.1. The van der Waals surface area contributed by atoms with Crippen molar-refractivity contribution in [1.82, 2.24) is 19.9 Å². The number of benzene rings is 2. The monoisotopic (exact) mass is 613 g/mol. The molecule has 0 spiro atoms. The van der Waals surface area contributed by atoms with E-state index >= 15 is 4.39 Å². The summed E-state index contributed by atoms with van der Waals surface area (Å²) in [7, 11) is 0. The average Bonchev–Trinajstić information content (AvgIpc) is 3.53. The highest BCUT2D eigenvalue weighted by Gasteiger charge is 2.45. The van der Waals surface area contributed by atoms with Gasteiger partial charge in [0.15, 0.2) is 11.6 Å². The molecule has 0 bridgehead atoms. The molecule has 1 unspecified atom stereocenters. The molecule has 0 aliphatic carbocycles. The number of anilines is 1. The molecule has 2 aromatic carbocycles. The van der Waals surface area contributed by atoms with Crippen LogP contribution in [-0.2, 0) is 4.74 Å². The summed E-state index contributed by atoms with van der Waals surface area (Å²) in [5.41, 5.74) is -1.26. The van der Waals surface area contributed by atoms with E-state index in [1.54, 1.807) is 24.9 Å². The van der Waals surface area contributed by atoms with Gasteiger partial charge in [-0.3, -0.25) is 4.90 Å². The van der Waals surface area contributed by atoms with Gasteiger partial charge in [-0.1, -0.05) is 12.0 Å². The number of pyridine rings is 1. The largest absolute Gasteiger partial charge is 0.508 e. The van der Waals surface area contributed by atoms with Crippen LogP contribution in [-0.4, -0.2) is 74.1 Å². The zero-order valence-corrected chi connectivity index (χ0v) is 25.1. The number of hydrogen-bond donors (Lipinski definition) is 2. The average molecular weight is 614 g/mol. The fourth-order valence-electron chi connectivity index (χ4n) is 6.92. The van der Waals surface area contributed by atoms with E-state index in [0.29, 0.717) is 17.4 Å². The van der Waals surface area contributed by atoms with Gasteiger partial charge in [-0.2, -0.15) is 9.97 Å². The first-order valence-corrected chi connectivity index (χ1v) is 15.1. The van der Waals surface area contributed by atoms with E-state index in [2.05, 4.69) is 26.7 Å². The highest BCUT2D eigenvalue weighted by atomic mass is 19.1. The third-order valence-electron chi connectivity index (χ3n) is 8.94. The fourth-order valence-corrected chi connectivity index (χ4v) is 6.92. The lowest BCUT2D eigenvalue weighted by Gasteiger charge is -2.31. The fraction of sp³-hybridized carbons (Fsp3) is 0.382. The first-order chi connectivity index (χ1) is 21.7. The van der Waals surface area contributed by atoms with Crippen LogP contribution in [0.4, 0.5) is 14.6 Å². The summed E-state index contributed by atoms with van der Waals surface area (Å²) in [6.07, 6.45) is 7.23. The minimum atomic E-state index is -1.26. The predicted octanol–water partition coefficient (Wildman–Crippen LogP) is 5.27. The van der Waals surface area contributed by atoms with E-state index < -0.39 is 17.2 Å². The molecule has 3 aliphatic rings. The molecule has 0 radical (unpaired) electrons. The molecule has 5 heterocycles. The lowest BCUT2D eigenvalue weighted by atomic mass is 9.95. The first-order valence-electron chi connectivity index (χ1n) is 15.1. The third-order valence-corrected chi connectivity index (χ3v) is 8.94. The molecule has 7 rings (SSSR count). The van der Waals surface area contributed by atoms with Crippen LogP contribution in [0.1, 0.15) is 45.2 Å². The summed E-state index contributed by atoms with van der Waals surface area (Å²) >= 11 is 0. The van der Waals surface area contributed by atoms with E-state index in [1.807, 2.05) is 0 Å². The van der Waals surface area contributed by atoms with Crippen molar-refractivity contribution in [1.29, 1.82) is 0 Å². The van der Waals surface area contributed by atoms with Crippen LogP contribution in [0.15, 0.2) is 42.8 Å². The topological polar surface area (TPSA) is 104 Å². The summed E-state index contributed by atoms with van der Waals surface area (Å²) in [6, 6.07) is 6.86. The molecule has 2 saturated heterocycles. The standard InChI is InChI=1S/C34H33F2N5O4/c1-3-6-26-27-30(28(36)29(37-26)25-17-23(42)15-21-7-8-22(35)16-24(21)25)38-32(45-20-34-9-4-11-41(34)12-5-10-34)39-31(27)40-13-14-44-19-33(2,43)18-40/h7-8,13-17,42-43H,4-5,9-12,18-20H2,1-2H3. The van der Waals surface area contributed by atoms with E-state index in [1.165, 1.54) is 36.6 Å². The molecule has 11 heteroatoms. The van der Waals surface area contributed by atoms with E-state index in [-0.39, 0.29) is 64.1 Å². The van der Waals surface area contributed by atoms with Crippen molar-refractivity contribution in [3.63, 3.8) is 0 Å². The van der Waals surface area contributed by atoms with Crippen LogP contribution in [0.25, 0.3) is 32.9 Å². The maximum Gasteiger partial charge on any atom is 0.319 e. The Morgan fingerprint density at radius 2 is 1.89 bits per heavy atom. The SMILES string of the molecule is CC#Cc1nc(-c2cc(O)cc3ccc(F)cc23)c(F)c2nc(OCC34CCCN3CCC4)nc(N3C=COCC(C)(O)C3)c12. The number of ether oxygens (including phenoxy) is 2. The molecule has 3 aliphatic heterocycles. The zero-order valence-electron chi connectivity index (χ0n) is 25.1. The number of nitrogens with zero attached hydrogens (tertiary/aromatic N) is 5. The van der Waals surface area contributed by atoms with Crippen molar-refractivity contribution in [3.05, 3.63) is 60.1 Å². The zero-order chi connectivity index (χ0) is 31.3. The molecular formula is C34H33F2N5O4. The predicted molar refractivity (Wildman–Crippen MR) is 166 cm³/mol. The smallest absolute Gasteiger partial charge is 0.319 e. The summed E-state index contributed by atoms with van der Waals surface area (Å²) in [5, 5.41) is 22.6. The van der Waals surface area contributed by atoms with Gasteiger partial charge in [0, 0.05) is 11.8 Å². The maximum atomic E-state index is 16.9. The number of hydrogen-bond acceptors (Lipinski definition) is 9. The van der Waals surface area contributed by atoms with Crippen molar-refractivity contribution in [2.45, 2.75) is 50.7 Å². The summed E-state index contributed by atoms with van der Waals surface area (Å²) in [6.45, 7) is 5.77. The Morgan fingerprint density at radius 1 is 1.09 bits per heavy atom. The molecule has 2 N–H and O–H groups in total. The van der Waals surface area contributed by atoms with E-state index in [9.17, 15) is 14.6 Å². The van der Waals surface area contributed by atoms with Gasteiger partial charge in [-0.05, 0) is 93.6 Å². The van der Waals surface area contributed by atoms with Crippen LogP contribution in [0.3, 0.4) is 0 Å². The lowest BCUT2D eigenvalue weighted by molar-refractivity contribution is 0.00798. The molecule has 45 heavy (non-hydrogen) atoms. The molecule has 2 fully saturated rings. The number of phenols is 1. The highest BCUT2D eigenvalue weighted by molar-refractivity contribution is 6.01. The summed E-state index contributed by atoms with van der Waals surface area (Å²) < 4.78 is 43.1. The highest BCUT2D eigenvalue weighted by Crippen LogP contribution is 2.41.